The number of halogens is 1. The van der Waals surface area contributed by atoms with E-state index >= 15 is 0 Å². The summed E-state index contributed by atoms with van der Waals surface area (Å²) in [6, 6.07) is 51.9. The number of hydrogen-bond donors (Lipinski definition) is 0. The number of hydrogen-bond acceptors (Lipinski definition) is 2. The van der Waals surface area contributed by atoms with Gasteiger partial charge in [-0.2, -0.15) is 0 Å². The Morgan fingerprint density at radius 2 is 0.444 bits per heavy atom. The van der Waals surface area contributed by atoms with Crippen molar-refractivity contribution in [3.05, 3.63) is 184 Å². The number of rotatable bonds is 13. The lowest BCUT2D eigenvalue weighted by atomic mass is 9.68. The van der Waals surface area contributed by atoms with E-state index in [2.05, 4.69) is 171 Å². The van der Waals surface area contributed by atoms with E-state index in [4.69, 9.17) is 4.74 Å². The van der Waals surface area contributed by atoms with E-state index in [9.17, 15) is 9.18 Å². The highest BCUT2D eigenvalue weighted by Gasteiger charge is 2.35. The predicted octanol–water partition coefficient (Wildman–Crippen LogP) is 31.6. The highest BCUT2D eigenvalue weighted by atomic mass is 19.1. The first-order valence-electron chi connectivity index (χ1n) is 46.1. The fraction of sp³-hybridized carbons (Fsp3) is 0.648. The van der Waals surface area contributed by atoms with E-state index in [0.717, 1.165) is 124 Å². The highest BCUT2D eigenvalue weighted by molar-refractivity contribution is 5.75. The molecule has 10 saturated carbocycles. The second-order valence-electron chi connectivity index (χ2n) is 39.3. The molecule has 0 N–H and O–H groups in total. The molecule has 0 saturated heterocycles. The highest BCUT2D eigenvalue weighted by Crippen LogP contribution is 2.48. The van der Waals surface area contributed by atoms with Gasteiger partial charge in [0.05, 0.1) is 5.92 Å². The van der Waals surface area contributed by atoms with Gasteiger partial charge in [0.25, 0.3) is 0 Å². The zero-order chi connectivity index (χ0) is 74.9. The minimum atomic E-state index is -0.0645. The van der Waals surface area contributed by atoms with Gasteiger partial charge in [0, 0.05) is 5.56 Å². The quantitative estimate of drug-likeness (QED) is 0.0851. The molecule has 10 aliphatic rings. The molecule has 10 fully saturated rings. The monoisotopic (exact) mass is 1460 g/mol. The Kier molecular flexibility index (Phi) is 29.9. The van der Waals surface area contributed by atoms with Gasteiger partial charge in [-0.15, -0.1) is 0 Å². The second-order valence-corrected chi connectivity index (χ2v) is 39.3. The van der Waals surface area contributed by atoms with E-state index in [-0.39, 0.29) is 17.7 Å². The summed E-state index contributed by atoms with van der Waals surface area (Å²) in [7, 11) is 0. The molecule has 0 atom stereocenters. The summed E-state index contributed by atoms with van der Waals surface area (Å²) in [6.45, 7) is 19.1. The number of esters is 1. The van der Waals surface area contributed by atoms with Crippen LogP contribution in [-0.4, -0.2) is 5.97 Å². The second kappa shape index (κ2) is 39.9. The summed E-state index contributed by atoms with van der Waals surface area (Å²) in [5.74, 6) is 17.1. The number of carbonyl (C=O) groups excluding carboxylic acids is 1. The van der Waals surface area contributed by atoms with Crippen molar-refractivity contribution in [3.63, 3.8) is 0 Å². The minimum Gasteiger partial charge on any atom is -0.426 e. The molecular formula is C105H147FO2. The van der Waals surface area contributed by atoms with Crippen LogP contribution in [0.1, 0.15) is 393 Å². The summed E-state index contributed by atoms with van der Waals surface area (Å²) < 4.78 is 20.6. The van der Waals surface area contributed by atoms with Gasteiger partial charge in [0.2, 0.25) is 0 Å². The molecule has 2 nitrogen and oxygen atoms in total. The van der Waals surface area contributed by atoms with Crippen molar-refractivity contribution in [2.75, 3.05) is 0 Å². The van der Waals surface area contributed by atoms with Gasteiger partial charge >= 0.3 is 5.97 Å². The molecule has 0 radical (unpaired) electrons. The van der Waals surface area contributed by atoms with Gasteiger partial charge in [-0.3, -0.25) is 4.79 Å². The van der Waals surface area contributed by atoms with Crippen molar-refractivity contribution in [2.24, 2.45) is 76.9 Å². The van der Waals surface area contributed by atoms with Crippen LogP contribution in [0.3, 0.4) is 0 Å². The van der Waals surface area contributed by atoms with Gasteiger partial charge < -0.3 is 4.74 Å². The first-order valence-corrected chi connectivity index (χ1v) is 46.1. The van der Waals surface area contributed by atoms with Gasteiger partial charge in [-0.25, -0.2) is 4.39 Å². The molecule has 0 unspecified atom stereocenters. The van der Waals surface area contributed by atoms with Crippen molar-refractivity contribution in [1.29, 1.82) is 0 Å². The summed E-state index contributed by atoms with van der Waals surface area (Å²) >= 11 is 0. The Labute approximate surface area is 658 Å². The fourth-order valence-electron chi connectivity index (χ4n) is 22.7. The van der Waals surface area contributed by atoms with E-state index in [1.165, 1.54) is 272 Å². The summed E-state index contributed by atoms with van der Waals surface area (Å²) in [4.78, 5) is 12.7. The Bertz CT molecular complexity index is 3490. The lowest BCUT2D eigenvalue weighted by molar-refractivity contribution is -0.140. The van der Waals surface area contributed by atoms with Crippen LogP contribution in [0, 0.1) is 82.7 Å². The number of benzene rings is 6. The Morgan fingerprint density at radius 3 is 0.722 bits per heavy atom. The first-order chi connectivity index (χ1) is 52.6. The van der Waals surface area contributed by atoms with Crippen molar-refractivity contribution in [2.45, 2.75) is 354 Å². The van der Waals surface area contributed by atoms with Gasteiger partial charge in [0.15, 0.2) is 0 Å². The molecule has 0 aliphatic heterocycles. The predicted molar refractivity (Wildman–Crippen MR) is 457 cm³/mol. The molecule has 3 heteroatoms. The van der Waals surface area contributed by atoms with E-state index in [0.29, 0.717) is 17.8 Å². The van der Waals surface area contributed by atoms with Crippen molar-refractivity contribution >= 4 is 5.97 Å². The van der Waals surface area contributed by atoms with Crippen molar-refractivity contribution in [1.82, 2.24) is 0 Å². The van der Waals surface area contributed by atoms with Crippen molar-refractivity contribution < 1.29 is 13.9 Å². The minimum absolute atomic E-state index is 0.0000393. The summed E-state index contributed by atoms with van der Waals surface area (Å²) in [5, 5.41) is 0. The molecular weight excluding hydrogens is 1310 g/mol. The van der Waals surface area contributed by atoms with E-state index < -0.39 is 0 Å². The molecule has 0 aromatic heterocycles. The molecule has 108 heavy (non-hydrogen) atoms. The van der Waals surface area contributed by atoms with Crippen LogP contribution in [-0.2, 0) is 4.79 Å². The zero-order valence-corrected chi connectivity index (χ0v) is 69.3. The third kappa shape index (κ3) is 22.8. The average Bonchev–Trinajstić information content (AvgIpc) is 0.806. The molecule has 0 spiro atoms. The van der Waals surface area contributed by atoms with Crippen LogP contribution in [0.4, 0.5) is 4.39 Å². The zero-order valence-electron chi connectivity index (χ0n) is 69.3. The van der Waals surface area contributed by atoms with Crippen molar-refractivity contribution in [3.8, 4) is 28.0 Å². The Hall–Kier alpha value is -5.28. The Morgan fingerprint density at radius 1 is 0.241 bits per heavy atom. The van der Waals surface area contributed by atoms with Crippen LogP contribution in [0.2, 0.25) is 0 Å². The topological polar surface area (TPSA) is 26.3 Å². The SMILES string of the molecule is CC1CCC(c2ccc(-c3ccc(C4CCC(C)CC4)cc3)cc2)CC1.CC1CCC(c2ccc(-c3ccc(C4CCC(C)CC4)cc3F)cc2)CC1.CC1CCC(c2ccc(C3CCC(C4CCC(C)CC4)CC3)cc2)CC1.CC1CCC(c2ccc(OC(=O)C3CCC(C4CCC(C)CC4)CC3)cc2)CC1. The average molecular weight is 1460 g/mol. The fourth-order valence-corrected chi connectivity index (χ4v) is 22.7. The third-order valence-electron chi connectivity index (χ3n) is 31.1. The molecule has 6 aromatic carbocycles. The number of ether oxygens (including phenoxy) is 1. The smallest absolute Gasteiger partial charge is 0.314 e. The molecule has 10 aliphatic carbocycles. The molecule has 0 bridgehead atoms. The van der Waals surface area contributed by atoms with Crippen LogP contribution >= 0.6 is 0 Å². The van der Waals surface area contributed by atoms with Crippen LogP contribution < -0.4 is 4.74 Å². The normalized spacial score (nSPS) is 33.3. The maximum atomic E-state index is 14.9. The standard InChI is InChI=1S/C27H40O2.C26H33F.C26H40.C26H34/c1-19-3-7-21(8-4-19)23-11-13-25(14-12-23)27(28)29-26-17-15-24(16-18-26)22-9-5-20(2)6-10-22;1-18-3-7-20(8-4-18)21-11-13-23(14-12-21)25-16-15-24(17-26(25)27)22-9-5-19(2)6-10-22;2*1-19-3-7-21(8-4-19)23-11-15-25(16-12-23)26-17-13-24(14-18-26)22-9-5-20(2)6-10-22/h15-23,25H,3-14H2,1-2H3;11-20,22H,3-10H2,1-2H3;11-12,15-16,19-22,24,26H,3-10,13-14,17-18H2,1-2H3;11-22H,3-10H2,1-2H3. The van der Waals surface area contributed by atoms with E-state index in [1.54, 1.807) is 28.3 Å². The molecule has 0 amide bonds. The molecule has 16 rings (SSSR count). The summed E-state index contributed by atoms with van der Waals surface area (Å²) in [6.07, 6.45) is 54.2. The summed E-state index contributed by atoms with van der Waals surface area (Å²) in [5.41, 5.74) is 14.9. The van der Waals surface area contributed by atoms with Crippen LogP contribution in [0.15, 0.2) is 140 Å². The lowest BCUT2D eigenvalue weighted by Gasteiger charge is -2.37. The first kappa shape index (κ1) is 80.8. The van der Waals surface area contributed by atoms with Gasteiger partial charge in [-0.1, -0.05) is 279 Å². The van der Waals surface area contributed by atoms with Gasteiger partial charge in [-0.05, 0) is 340 Å². The van der Waals surface area contributed by atoms with E-state index in [1.807, 2.05) is 18.2 Å². The maximum Gasteiger partial charge on any atom is 0.314 e. The molecule has 586 valence electrons. The van der Waals surface area contributed by atoms with Crippen LogP contribution in [0.25, 0.3) is 22.3 Å². The largest absolute Gasteiger partial charge is 0.426 e. The van der Waals surface area contributed by atoms with Gasteiger partial charge in [0.1, 0.15) is 11.6 Å². The lowest BCUT2D eigenvalue weighted by Crippen LogP contribution is -2.29. The number of carbonyl (C=O) groups is 1. The molecule has 0 heterocycles. The van der Waals surface area contributed by atoms with Crippen LogP contribution in [0.5, 0.6) is 5.75 Å². The maximum absolute atomic E-state index is 14.9. The third-order valence-corrected chi connectivity index (χ3v) is 31.1. The Balaban J connectivity index is 0.000000127. The molecule has 6 aromatic rings.